The van der Waals surface area contributed by atoms with E-state index in [1.54, 1.807) is 31.2 Å². The van der Waals surface area contributed by atoms with E-state index in [0.717, 1.165) is 5.71 Å². The summed E-state index contributed by atoms with van der Waals surface area (Å²) >= 11 is 0. The van der Waals surface area contributed by atoms with Crippen LogP contribution >= 0.6 is 0 Å². The van der Waals surface area contributed by atoms with E-state index in [0.29, 0.717) is 49.4 Å². The van der Waals surface area contributed by atoms with Gasteiger partial charge in [0.2, 0.25) is 5.91 Å². The zero-order chi connectivity index (χ0) is 26.2. The highest BCUT2D eigenvalue weighted by molar-refractivity contribution is 5.94. The van der Waals surface area contributed by atoms with Gasteiger partial charge in [0, 0.05) is 32.0 Å². The van der Waals surface area contributed by atoms with Gasteiger partial charge < -0.3 is 14.9 Å². The molecule has 0 saturated carbocycles. The highest BCUT2D eigenvalue weighted by Crippen LogP contribution is 2.28. The normalized spacial score (nSPS) is 13.9. The molecule has 3 aromatic carbocycles. The van der Waals surface area contributed by atoms with Gasteiger partial charge in [-0.2, -0.15) is 0 Å². The smallest absolute Gasteiger partial charge is 0.238 e. The summed E-state index contributed by atoms with van der Waals surface area (Å²) in [5, 5.41) is 7.14. The quantitative estimate of drug-likeness (QED) is 0.375. The van der Waals surface area contributed by atoms with E-state index in [1.165, 1.54) is 42.5 Å². The number of halogens is 3. The monoisotopic (exact) mass is 511 g/mol. The predicted octanol–water partition coefficient (Wildman–Crippen LogP) is 5.70. The van der Waals surface area contributed by atoms with Crippen molar-refractivity contribution < 1.29 is 27.5 Å². The lowest BCUT2D eigenvalue weighted by molar-refractivity contribution is -0.117. The molecule has 0 aromatic heterocycles. The molecule has 1 aliphatic rings. The molecule has 1 heterocycles. The molecule has 0 atom stereocenters. The zero-order valence-electron chi connectivity index (χ0n) is 20.4. The van der Waals surface area contributed by atoms with E-state index in [1.807, 2.05) is 4.90 Å². The van der Waals surface area contributed by atoms with Crippen LogP contribution in [0.3, 0.4) is 0 Å². The second kappa shape index (κ2) is 12.4. The molecule has 1 fully saturated rings. The van der Waals surface area contributed by atoms with Gasteiger partial charge in [-0.3, -0.25) is 9.69 Å². The van der Waals surface area contributed by atoms with Crippen LogP contribution in [-0.4, -0.2) is 42.8 Å². The van der Waals surface area contributed by atoms with Crippen LogP contribution in [0.5, 0.6) is 5.75 Å². The maximum Gasteiger partial charge on any atom is 0.238 e. The number of nitrogens with one attached hydrogen (secondary N) is 1. The third-order valence-electron chi connectivity index (χ3n) is 5.95. The first kappa shape index (κ1) is 26.2. The molecular weight excluding hydrogens is 483 g/mol. The molecule has 0 radical (unpaired) electrons. The van der Waals surface area contributed by atoms with Gasteiger partial charge in [-0.15, -0.1) is 0 Å². The van der Waals surface area contributed by atoms with Gasteiger partial charge in [-0.25, -0.2) is 13.2 Å². The number of nitrogens with zero attached hydrogens (tertiary/aromatic N) is 2. The molecule has 0 spiro atoms. The van der Waals surface area contributed by atoms with Crippen LogP contribution in [0.1, 0.15) is 37.0 Å². The molecular formula is C28H28F3N3O3. The van der Waals surface area contributed by atoms with E-state index >= 15 is 0 Å². The third-order valence-corrected chi connectivity index (χ3v) is 5.95. The van der Waals surface area contributed by atoms with Crippen molar-refractivity contribution in [3.05, 3.63) is 95.3 Å². The summed E-state index contributed by atoms with van der Waals surface area (Å²) in [6.45, 7) is 3.52. The minimum Gasteiger partial charge on any atom is -0.492 e. The number of likely N-dealkylation sites (tertiary alicyclic amines) is 1. The van der Waals surface area contributed by atoms with Crippen LogP contribution in [0, 0.1) is 17.5 Å². The number of hydrogen-bond donors (Lipinski definition) is 1. The molecule has 1 aliphatic heterocycles. The first-order valence-electron chi connectivity index (χ1n) is 12.1. The molecule has 0 bridgehead atoms. The van der Waals surface area contributed by atoms with Crippen LogP contribution < -0.4 is 10.1 Å². The van der Waals surface area contributed by atoms with Gasteiger partial charge in [0.1, 0.15) is 23.2 Å². The topological polar surface area (TPSA) is 63.2 Å². The van der Waals surface area contributed by atoms with Crippen LogP contribution in [0.25, 0.3) is 0 Å². The van der Waals surface area contributed by atoms with E-state index in [-0.39, 0.29) is 29.8 Å². The number of carbonyl (C=O) groups excluding carboxylic acids is 1. The number of carbonyl (C=O) groups is 1. The Hall–Kier alpha value is -3.85. The van der Waals surface area contributed by atoms with Gasteiger partial charge >= 0.3 is 0 Å². The molecule has 194 valence electrons. The Morgan fingerprint density at radius 1 is 0.919 bits per heavy atom. The number of benzene rings is 3. The predicted molar refractivity (Wildman–Crippen MR) is 135 cm³/mol. The Morgan fingerprint density at radius 2 is 1.49 bits per heavy atom. The fourth-order valence-electron chi connectivity index (χ4n) is 4.04. The highest BCUT2D eigenvalue weighted by atomic mass is 19.1. The average molecular weight is 512 g/mol. The summed E-state index contributed by atoms with van der Waals surface area (Å²) in [5.74, 6) is -1.10. The summed E-state index contributed by atoms with van der Waals surface area (Å²) in [6, 6.07) is 15.8. The number of amides is 1. The molecule has 1 amide bonds. The summed E-state index contributed by atoms with van der Waals surface area (Å²) in [7, 11) is 0. The van der Waals surface area contributed by atoms with Crippen LogP contribution in [0.4, 0.5) is 18.9 Å². The number of anilines is 1. The maximum atomic E-state index is 13.5. The van der Waals surface area contributed by atoms with Gasteiger partial charge in [0.15, 0.2) is 6.10 Å². The lowest BCUT2D eigenvalue weighted by Gasteiger charge is -2.27. The Bertz CT molecular complexity index is 1180. The third kappa shape index (κ3) is 7.33. The Morgan fingerprint density at radius 3 is 2.05 bits per heavy atom. The van der Waals surface area contributed by atoms with E-state index < -0.39 is 11.9 Å². The Labute approximate surface area is 213 Å². The second-order valence-corrected chi connectivity index (χ2v) is 8.64. The van der Waals surface area contributed by atoms with E-state index in [2.05, 4.69) is 10.5 Å². The molecule has 9 heteroatoms. The van der Waals surface area contributed by atoms with Crippen molar-refractivity contribution >= 4 is 17.3 Å². The second-order valence-electron chi connectivity index (χ2n) is 8.64. The number of hydrogen-bond acceptors (Lipinski definition) is 5. The van der Waals surface area contributed by atoms with E-state index in [9.17, 15) is 18.0 Å². The first-order chi connectivity index (χ1) is 17.9. The van der Waals surface area contributed by atoms with Crippen molar-refractivity contribution in [1.29, 1.82) is 0 Å². The maximum absolute atomic E-state index is 13.5. The highest BCUT2D eigenvalue weighted by Gasteiger charge is 2.21. The summed E-state index contributed by atoms with van der Waals surface area (Å²) in [4.78, 5) is 20.4. The standard InChI is InChI=1S/C28H28F3N3O3/c1-2-36-26-17-23(31)11-12-25(26)32-27(35)18-34-15-13-24(14-16-34)33-37-28(19-3-7-21(29)8-4-19)20-5-9-22(30)10-6-20/h3-12,17,28H,2,13-16,18H2,1H3,(H,32,35). The number of ether oxygens (including phenoxy) is 1. The largest absolute Gasteiger partial charge is 0.492 e. The Kier molecular flexibility index (Phi) is 8.79. The minimum atomic E-state index is -0.618. The lowest BCUT2D eigenvalue weighted by Crippen LogP contribution is -2.39. The fourth-order valence-corrected chi connectivity index (χ4v) is 4.04. The van der Waals surface area contributed by atoms with Gasteiger partial charge in [0.05, 0.1) is 24.6 Å². The van der Waals surface area contributed by atoms with Crippen molar-refractivity contribution in [3.8, 4) is 5.75 Å². The van der Waals surface area contributed by atoms with E-state index in [4.69, 9.17) is 9.57 Å². The van der Waals surface area contributed by atoms with Crippen molar-refractivity contribution in [2.45, 2.75) is 25.9 Å². The van der Waals surface area contributed by atoms with Crippen molar-refractivity contribution in [1.82, 2.24) is 4.90 Å². The summed E-state index contributed by atoms with van der Waals surface area (Å²) in [6.07, 6.45) is 0.592. The molecule has 0 unspecified atom stereocenters. The summed E-state index contributed by atoms with van der Waals surface area (Å²) < 4.78 is 45.8. The van der Waals surface area contributed by atoms with Crippen LogP contribution in [-0.2, 0) is 9.63 Å². The molecule has 3 aromatic rings. The van der Waals surface area contributed by atoms with Crippen molar-refractivity contribution in [2.75, 3.05) is 31.6 Å². The summed E-state index contributed by atoms with van der Waals surface area (Å²) in [5.41, 5.74) is 2.65. The molecule has 6 nitrogen and oxygen atoms in total. The molecule has 37 heavy (non-hydrogen) atoms. The SMILES string of the molecule is CCOc1cc(F)ccc1NC(=O)CN1CCC(=NOC(c2ccc(F)cc2)c2ccc(F)cc2)CC1. The molecule has 0 aliphatic carbocycles. The van der Waals surface area contributed by atoms with Crippen molar-refractivity contribution in [2.24, 2.45) is 5.16 Å². The van der Waals surface area contributed by atoms with Gasteiger partial charge in [-0.1, -0.05) is 29.4 Å². The van der Waals surface area contributed by atoms with Gasteiger partial charge in [0.25, 0.3) is 0 Å². The first-order valence-corrected chi connectivity index (χ1v) is 12.1. The molecule has 4 rings (SSSR count). The molecule has 1 saturated heterocycles. The number of rotatable bonds is 9. The van der Waals surface area contributed by atoms with Gasteiger partial charge in [-0.05, 0) is 54.4 Å². The fraction of sp³-hybridized carbons (Fsp3) is 0.286. The minimum absolute atomic E-state index is 0.171. The average Bonchev–Trinajstić information content (AvgIpc) is 2.89. The lowest BCUT2D eigenvalue weighted by atomic mass is 10.0. The molecule has 1 N–H and O–H groups in total. The van der Waals surface area contributed by atoms with Crippen molar-refractivity contribution in [3.63, 3.8) is 0 Å². The Balaban J connectivity index is 1.34. The van der Waals surface area contributed by atoms with Crippen LogP contribution in [0.15, 0.2) is 71.9 Å². The van der Waals surface area contributed by atoms with Crippen LogP contribution in [0.2, 0.25) is 0 Å². The zero-order valence-corrected chi connectivity index (χ0v) is 20.4. The number of piperidine rings is 1. The number of oxime groups is 1.